The molecule has 0 aromatic heterocycles. The van der Waals surface area contributed by atoms with E-state index in [0.29, 0.717) is 5.56 Å². The molecule has 1 amide bonds. The van der Waals surface area contributed by atoms with Crippen molar-refractivity contribution in [2.75, 3.05) is 20.7 Å². The third-order valence-corrected chi connectivity index (χ3v) is 4.57. The SMILES string of the molecule is CN(C)S(=O)(=O)c1ccc(C(=O)NC(C)(C)CO)cc1. The van der Waals surface area contributed by atoms with E-state index in [1.807, 2.05) is 0 Å². The summed E-state index contributed by atoms with van der Waals surface area (Å²) in [6.07, 6.45) is 0. The molecular weight excluding hydrogens is 280 g/mol. The van der Waals surface area contributed by atoms with Gasteiger partial charge in [0.2, 0.25) is 10.0 Å². The van der Waals surface area contributed by atoms with Crippen LogP contribution in [0, 0.1) is 0 Å². The fourth-order valence-electron chi connectivity index (χ4n) is 1.41. The molecule has 0 fully saturated rings. The molecule has 0 aliphatic rings. The number of benzene rings is 1. The van der Waals surface area contributed by atoms with E-state index in [2.05, 4.69) is 5.32 Å². The van der Waals surface area contributed by atoms with E-state index in [1.54, 1.807) is 13.8 Å². The molecule has 1 aromatic rings. The second-order valence-corrected chi connectivity index (χ2v) is 7.46. The minimum atomic E-state index is -3.50. The maximum absolute atomic E-state index is 11.9. The summed E-state index contributed by atoms with van der Waals surface area (Å²) in [5, 5.41) is 11.8. The van der Waals surface area contributed by atoms with Crippen molar-refractivity contribution in [1.82, 2.24) is 9.62 Å². The van der Waals surface area contributed by atoms with E-state index in [-0.39, 0.29) is 17.4 Å². The van der Waals surface area contributed by atoms with Crippen molar-refractivity contribution >= 4 is 15.9 Å². The van der Waals surface area contributed by atoms with Gasteiger partial charge in [-0.25, -0.2) is 12.7 Å². The number of hydrogen-bond donors (Lipinski definition) is 2. The van der Waals surface area contributed by atoms with Crippen molar-refractivity contribution in [3.8, 4) is 0 Å². The Balaban J connectivity index is 2.96. The lowest BCUT2D eigenvalue weighted by atomic mass is 10.1. The quantitative estimate of drug-likeness (QED) is 0.826. The Morgan fingerprint density at radius 2 is 1.75 bits per heavy atom. The van der Waals surface area contributed by atoms with Gasteiger partial charge in [-0.05, 0) is 38.1 Å². The van der Waals surface area contributed by atoms with Crippen molar-refractivity contribution in [3.63, 3.8) is 0 Å². The summed E-state index contributed by atoms with van der Waals surface area (Å²) in [4.78, 5) is 12.1. The molecule has 0 aliphatic carbocycles. The highest BCUT2D eigenvalue weighted by molar-refractivity contribution is 7.89. The fraction of sp³-hybridized carbons (Fsp3) is 0.462. The van der Waals surface area contributed by atoms with Gasteiger partial charge >= 0.3 is 0 Å². The van der Waals surface area contributed by atoms with E-state index in [1.165, 1.54) is 38.4 Å². The average molecular weight is 300 g/mol. The van der Waals surface area contributed by atoms with Crippen LogP contribution >= 0.6 is 0 Å². The molecule has 0 saturated heterocycles. The lowest BCUT2D eigenvalue weighted by Crippen LogP contribution is -2.46. The van der Waals surface area contributed by atoms with Gasteiger partial charge in [-0.15, -0.1) is 0 Å². The van der Waals surface area contributed by atoms with Gasteiger partial charge < -0.3 is 10.4 Å². The molecule has 112 valence electrons. The maximum Gasteiger partial charge on any atom is 0.251 e. The molecular formula is C13H20N2O4S. The summed E-state index contributed by atoms with van der Waals surface area (Å²) in [6, 6.07) is 5.66. The first kappa shape index (κ1) is 16.6. The lowest BCUT2D eigenvalue weighted by molar-refractivity contribution is 0.0869. The van der Waals surface area contributed by atoms with Crippen molar-refractivity contribution in [3.05, 3.63) is 29.8 Å². The molecule has 0 atom stereocenters. The molecule has 20 heavy (non-hydrogen) atoms. The molecule has 0 bridgehead atoms. The molecule has 0 unspecified atom stereocenters. The van der Waals surface area contributed by atoms with Crippen molar-refractivity contribution in [2.45, 2.75) is 24.3 Å². The molecule has 0 saturated carbocycles. The zero-order valence-electron chi connectivity index (χ0n) is 12.0. The van der Waals surface area contributed by atoms with Crippen LogP contribution in [0.4, 0.5) is 0 Å². The van der Waals surface area contributed by atoms with Crippen molar-refractivity contribution in [2.24, 2.45) is 0 Å². The molecule has 1 aromatic carbocycles. The number of rotatable bonds is 5. The minimum Gasteiger partial charge on any atom is -0.394 e. The predicted octanol–water partition coefficient (Wildman–Crippen LogP) is 0.438. The van der Waals surface area contributed by atoms with Gasteiger partial charge in [-0.2, -0.15) is 0 Å². The summed E-state index contributed by atoms with van der Waals surface area (Å²) in [7, 11) is -0.609. The van der Waals surface area contributed by atoms with Crippen LogP contribution in [0.25, 0.3) is 0 Å². The van der Waals surface area contributed by atoms with Gasteiger partial charge in [-0.1, -0.05) is 0 Å². The molecule has 6 nitrogen and oxygen atoms in total. The lowest BCUT2D eigenvalue weighted by Gasteiger charge is -2.23. The van der Waals surface area contributed by atoms with Gasteiger partial charge in [0.25, 0.3) is 5.91 Å². The molecule has 7 heteroatoms. The van der Waals surface area contributed by atoms with E-state index < -0.39 is 15.6 Å². The Kier molecular flexibility index (Phi) is 4.90. The van der Waals surface area contributed by atoms with E-state index in [4.69, 9.17) is 5.11 Å². The topological polar surface area (TPSA) is 86.7 Å². The van der Waals surface area contributed by atoms with Gasteiger partial charge in [0.05, 0.1) is 17.0 Å². The van der Waals surface area contributed by atoms with Crippen LogP contribution in [-0.4, -0.2) is 50.0 Å². The van der Waals surface area contributed by atoms with Crippen LogP contribution in [0.3, 0.4) is 0 Å². The number of carbonyl (C=O) groups is 1. The maximum atomic E-state index is 11.9. The van der Waals surface area contributed by atoms with E-state index in [0.717, 1.165) is 4.31 Å². The zero-order valence-corrected chi connectivity index (χ0v) is 12.9. The first-order valence-corrected chi connectivity index (χ1v) is 7.50. The minimum absolute atomic E-state index is 0.125. The third kappa shape index (κ3) is 3.78. The summed E-state index contributed by atoms with van der Waals surface area (Å²) < 4.78 is 24.9. The van der Waals surface area contributed by atoms with Crippen LogP contribution in [0.15, 0.2) is 29.2 Å². The Morgan fingerprint density at radius 1 is 1.25 bits per heavy atom. The number of carbonyl (C=O) groups excluding carboxylic acids is 1. The van der Waals surface area contributed by atoms with Gasteiger partial charge in [-0.3, -0.25) is 4.79 Å². The monoisotopic (exact) mass is 300 g/mol. The number of aliphatic hydroxyl groups excluding tert-OH is 1. The first-order valence-electron chi connectivity index (χ1n) is 6.06. The number of aliphatic hydroxyl groups is 1. The van der Waals surface area contributed by atoms with Crippen LogP contribution in [0.5, 0.6) is 0 Å². The summed E-state index contributed by atoms with van der Waals surface area (Å²) in [6.45, 7) is 3.19. The normalized spacial score (nSPS) is 12.5. The van der Waals surface area contributed by atoms with Crippen LogP contribution in [0.2, 0.25) is 0 Å². The Hall–Kier alpha value is -1.44. The standard InChI is InChI=1S/C13H20N2O4S/c1-13(2,9-16)14-12(17)10-5-7-11(8-6-10)20(18,19)15(3)4/h5-8,16H,9H2,1-4H3,(H,14,17). The van der Waals surface area contributed by atoms with Crippen LogP contribution < -0.4 is 5.32 Å². The largest absolute Gasteiger partial charge is 0.394 e. The number of sulfonamides is 1. The van der Waals surface area contributed by atoms with Crippen LogP contribution in [0.1, 0.15) is 24.2 Å². The van der Waals surface area contributed by atoms with E-state index in [9.17, 15) is 13.2 Å². The highest BCUT2D eigenvalue weighted by atomic mass is 32.2. The molecule has 1 rings (SSSR count). The van der Waals surface area contributed by atoms with Crippen molar-refractivity contribution < 1.29 is 18.3 Å². The third-order valence-electron chi connectivity index (χ3n) is 2.74. The predicted molar refractivity (Wildman–Crippen MR) is 75.9 cm³/mol. The van der Waals surface area contributed by atoms with Crippen molar-refractivity contribution in [1.29, 1.82) is 0 Å². The smallest absolute Gasteiger partial charge is 0.251 e. The molecule has 2 N–H and O–H groups in total. The second-order valence-electron chi connectivity index (χ2n) is 5.31. The fourth-order valence-corrected chi connectivity index (χ4v) is 2.31. The van der Waals surface area contributed by atoms with Gasteiger partial charge in [0, 0.05) is 19.7 Å². The Morgan fingerprint density at radius 3 is 2.15 bits per heavy atom. The Labute approximate surface area is 119 Å². The average Bonchev–Trinajstić information content (AvgIpc) is 2.38. The van der Waals surface area contributed by atoms with Crippen LogP contribution in [-0.2, 0) is 10.0 Å². The summed E-state index contributed by atoms with van der Waals surface area (Å²) in [5.74, 6) is -0.363. The number of nitrogens with zero attached hydrogens (tertiary/aromatic N) is 1. The second kappa shape index (κ2) is 5.90. The molecule has 0 radical (unpaired) electrons. The Bertz CT molecular complexity index is 577. The summed E-state index contributed by atoms with van der Waals surface area (Å²) in [5.41, 5.74) is -0.393. The highest BCUT2D eigenvalue weighted by Gasteiger charge is 2.21. The van der Waals surface area contributed by atoms with Gasteiger partial charge in [0.15, 0.2) is 0 Å². The molecule has 0 heterocycles. The summed E-state index contributed by atoms with van der Waals surface area (Å²) >= 11 is 0. The molecule has 0 aliphatic heterocycles. The van der Waals surface area contributed by atoms with Gasteiger partial charge in [0.1, 0.15) is 0 Å². The van der Waals surface area contributed by atoms with E-state index >= 15 is 0 Å². The highest BCUT2D eigenvalue weighted by Crippen LogP contribution is 2.14. The first-order chi connectivity index (χ1) is 9.10. The molecule has 0 spiro atoms. The number of nitrogens with one attached hydrogen (secondary N) is 1. The number of amides is 1. The number of hydrogen-bond acceptors (Lipinski definition) is 4. The zero-order chi connectivity index (χ0) is 15.6.